The molecule has 1 atom stereocenters. The van der Waals surface area contributed by atoms with E-state index in [2.05, 4.69) is 6.07 Å². The van der Waals surface area contributed by atoms with Crippen LogP contribution in [-0.4, -0.2) is 22.6 Å². The van der Waals surface area contributed by atoms with E-state index in [1.54, 1.807) is 11.8 Å². The Balaban J connectivity index is 2.59. The Morgan fingerprint density at radius 1 is 1.33 bits per heavy atom. The topological polar surface area (TPSA) is 40.5 Å². The number of hydrogen-bond donors (Lipinski definition) is 2. The second-order valence-corrected chi connectivity index (χ2v) is 4.94. The molecular weight excluding hydrogens is 208 g/mol. The van der Waals surface area contributed by atoms with Crippen molar-refractivity contribution in [1.29, 1.82) is 0 Å². The first-order chi connectivity index (χ1) is 7.17. The summed E-state index contributed by atoms with van der Waals surface area (Å²) in [5.74, 6) is 1.25. The van der Waals surface area contributed by atoms with E-state index in [0.29, 0.717) is 5.92 Å². The predicted octanol–water partition coefficient (Wildman–Crippen LogP) is 2.21. The van der Waals surface area contributed by atoms with Crippen LogP contribution in [-0.2, 0) is 6.61 Å². The van der Waals surface area contributed by atoms with E-state index in [-0.39, 0.29) is 13.2 Å². The van der Waals surface area contributed by atoms with Crippen molar-refractivity contribution in [3.05, 3.63) is 29.3 Å². The molecule has 1 unspecified atom stereocenters. The van der Waals surface area contributed by atoms with Crippen molar-refractivity contribution in [2.24, 2.45) is 5.92 Å². The van der Waals surface area contributed by atoms with Gasteiger partial charge in [-0.25, -0.2) is 0 Å². The van der Waals surface area contributed by atoms with Crippen LogP contribution in [0, 0.1) is 12.8 Å². The van der Waals surface area contributed by atoms with Gasteiger partial charge >= 0.3 is 0 Å². The Bertz CT molecular complexity index is 312. The molecule has 0 heterocycles. The average Bonchev–Trinajstić information content (AvgIpc) is 2.26. The van der Waals surface area contributed by atoms with Crippen molar-refractivity contribution in [3.63, 3.8) is 0 Å². The van der Waals surface area contributed by atoms with Crippen LogP contribution in [0.25, 0.3) is 0 Å². The van der Waals surface area contributed by atoms with Gasteiger partial charge < -0.3 is 10.2 Å². The van der Waals surface area contributed by atoms with Crippen molar-refractivity contribution in [2.45, 2.75) is 25.3 Å². The van der Waals surface area contributed by atoms with Crippen LogP contribution in [0.5, 0.6) is 0 Å². The molecule has 0 bridgehead atoms. The van der Waals surface area contributed by atoms with Crippen LogP contribution in [0.15, 0.2) is 23.1 Å². The van der Waals surface area contributed by atoms with Gasteiger partial charge in [-0.15, -0.1) is 11.8 Å². The number of aryl methyl sites for hydroxylation is 1. The van der Waals surface area contributed by atoms with Crippen molar-refractivity contribution in [3.8, 4) is 0 Å². The van der Waals surface area contributed by atoms with E-state index < -0.39 is 0 Å². The number of hydrogen-bond acceptors (Lipinski definition) is 3. The standard InChI is InChI=1S/C12H18O2S/c1-9(6-13)8-15-12-4-3-11(7-14)10(2)5-12/h3-5,9,13-14H,6-8H2,1-2H3. The third kappa shape index (κ3) is 3.86. The molecule has 0 radical (unpaired) electrons. The summed E-state index contributed by atoms with van der Waals surface area (Å²) in [6, 6.07) is 6.06. The van der Waals surface area contributed by atoms with Crippen molar-refractivity contribution < 1.29 is 10.2 Å². The zero-order valence-corrected chi connectivity index (χ0v) is 10.0. The Morgan fingerprint density at radius 3 is 2.60 bits per heavy atom. The lowest BCUT2D eigenvalue weighted by Gasteiger charge is -2.09. The minimum atomic E-state index is 0.101. The molecule has 0 saturated carbocycles. The van der Waals surface area contributed by atoms with Gasteiger partial charge in [-0.2, -0.15) is 0 Å². The van der Waals surface area contributed by atoms with E-state index in [9.17, 15) is 0 Å². The van der Waals surface area contributed by atoms with Gasteiger partial charge in [0.15, 0.2) is 0 Å². The molecule has 0 aliphatic heterocycles. The normalized spacial score (nSPS) is 12.8. The maximum absolute atomic E-state index is 9.03. The monoisotopic (exact) mass is 226 g/mol. The summed E-state index contributed by atoms with van der Waals surface area (Å²) in [4.78, 5) is 1.20. The summed E-state index contributed by atoms with van der Waals surface area (Å²) in [7, 11) is 0. The van der Waals surface area contributed by atoms with Crippen LogP contribution in [0.1, 0.15) is 18.1 Å². The van der Waals surface area contributed by atoms with Gasteiger partial charge in [-0.1, -0.05) is 13.0 Å². The van der Waals surface area contributed by atoms with E-state index in [1.165, 1.54) is 4.90 Å². The Labute approximate surface area is 95.3 Å². The molecule has 0 aliphatic rings. The summed E-state index contributed by atoms with van der Waals surface area (Å²) in [5, 5.41) is 17.9. The molecule has 0 saturated heterocycles. The highest BCUT2D eigenvalue weighted by molar-refractivity contribution is 7.99. The van der Waals surface area contributed by atoms with Gasteiger partial charge in [0.2, 0.25) is 0 Å². The van der Waals surface area contributed by atoms with Gasteiger partial charge in [0, 0.05) is 17.3 Å². The van der Waals surface area contributed by atoms with E-state index in [1.807, 2.05) is 26.0 Å². The second kappa shape index (κ2) is 6.16. The largest absolute Gasteiger partial charge is 0.396 e. The molecule has 1 aromatic carbocycles. The third-order valence-electron chi connectivity index (χ3n) is 2.33. The number of aliphatic hydroxyl groups is 2. The van der Waals surface area contributed by atoms with E-state index >= 15 is 0 Å². The molecule has 2 nitrogen and oxygen atoms in total. The number of benzene rings is 1. The zero-order chi connectivity index (χ0) is 11.3. The van der Waals surface area contributed by atoms with Crippen LogP contribution in [0.4, 0.5) is 0 Å². The first-order valence-corrected chi connectivity index (χ1v) is 6.10. The van der Waals surface area contributed by atoms with Gasteiger partial charge in [-0.05, 0) is 36.1 Å². The fraction of sp³-hybridized carbons (Fsp3) is 0.500. The third-order valence-corrected chi connectivity index (χ3v) is 3.65. The molecule has 0 spiro atoms. The summed E-state index contributed by atoms with van der Waals surface area (Å²) in [6.07, 6.45) is 0. The minimum absolute atomic E-state index is 0.101. The molecule has 0 aliphatic carbocycles. The molecule has 84 valence electrons. The fourth-order valence-electron chi connectivity index (χ4n) is 1.23. The fourth-order valence-corrected chi connectivity index (χ4v) is 2.23. The number of aliphatic hydroxyl groups excluding tert-OH is 2. The maximum Gasteiger partial charge on any atom is 0.0684 e. The highest BCUT2D eigenvalue weighted by atomic mass is 32.2. The van der Waals surface area contributed by atoms with Gasteiger partial charge in [0.05, 0.1) is 6.61 Å². The summed E-state index contributed by atoms with van der Waals surface area (Å²) in [6.45, 7) is 4.37. The highest BCUT2D eigenvalue weighted by Crippen LogP contribution is 2.23. The lowest BCUT2D eigenvalue weighted by molar-refractivity contribution is 0.250. The van der Waals surface area contributed by atoms with Crippen LogP contribution >= 0.6 is 11.8 Å². The van der Waals surface area contributed by atoms with E-state index in [0.717, 1.165) is 16.9 Å². The SMILES string of the molecule is Cc1cc(SCC(C)CO)ccc1CO. The molecule has 15 heavy (non-hydrogen) atoms. The Hall–Kier alpha value is -0.510. The molecular formula is C12H18O2S. The van der Waals surface area contributed by atoms with Crippen LogP contribution in [0.2, 0.25) is 0 Å². The van der Waals surface area contributed by atoms with Crippen molar-refractivity contribution in [1.82, 2.24) is 0 Å². The molecule has 0 aromatic heterocycles. The van der Waals surface area contributed by atoms with E-state index in [4.69, 9.17) is 10.2 Å². The zero-order valence-electron chi connectivity index (χ0n) is 9.23. The summed E-state index contributed by atoms with van der Waals surface area (Å²) >= 11 is 1.74. The Kier molecular flexibility index (Phi) is 5.15. The van der Waals surface area contributed by atoms with Gasteiger partial charge in [0.25, 0.3) is 0 Å². The second-order valence-electron chi connectivity index (χ2n) is 3.85. The number of thioether (sulfide) groups is 1. The number of rotatable bonds is 5. The molecule has 2 N–H and O–H groups in total. The van der Waals surface area contributed by atoms with Crippen LogP contribution in [0.3, 0.4) is 0 Å². The van der Waals surface area contributed by atoms with Gasteiger partial charge in [0.1, 0.15) is 0 Å². The highest BCUT2D eigenvalue weighted by Gasteiger charge is 2.03. The average molecular weight is 226 g/mol. The first kappa shape index (κ1) is 12.6. The van der Waals surface area contributed by atoms with Crippen molar-refractivity contribution in [2.75, 3.05) is 12.4 Å². The predicted molar refractivity (Wildman–Crippen MR) is 64.1 cm³/mol. The smallest absolute Gasteiger partial charge is 0.0684 e. The molecule has 1 rings (SSSR count). The lowest BCUT2D eigenvalue weighted by Crippen LogP contribution is -2.03. The molecule has 1 aromatic rings. The van der Waals surface area contributed by atoms with Crippen LogP contribution < -0.4 is 0 Å². The van der Waals surface area contributed by atoms with Crippen molar-refractivity contribution >= 4 is 11.8 Å². The quantitative estimate of drug-likeness (QED) is 0.756. The summed E-state index contributed by atoms with van der Waals surface area (Å²) in [5.41, 5.74) is 2.11. The molecule has 0 amide bonds. The molecule has 3 heteroatoms. The Morgan fingerprint density at radius 2 is 2.07 bits per heavy atom. The van der Waals surface area contributed by atoms with Gasteiger partial charge in [-0.3, -0.25) is 0 Å². The minimum Gasteiger partial charge on any atom is -0.396 e. The maximum atomic E-state index is 9.03. The lowest BCUT2D eigenvalue weighted by atomic mass is 10.1. The summed E-state index contributed by atoms with van der Waals surface area (Å²) < 4.78 is 0. The first-order valence-electron chi connectivity index (χ1n) is 5.11. The molecule has 0 fully saturated rings.